The highest BCUT2D eigenvalue weighted by Crippen LogP contribution is 2.46. The molecule has 1 fully saturated rings. The Morgan fingerprint density at radius 2 is 2.00 bits per heavy atom. The summed E-state index contributed by atoms with van der Waals surface area (Å²) in [4.78, 5) is 25.8. The Balaban J connectivity index is 1.68. The number of benzene rings is 2. The van der Waals surface area contributed by atoms with Crippen molar-refractivity contribution in [1.82, 2.24) is 5.32 Å². The number of amides is 2. The van der Waals surface area contributed by atoms with Gasteiger partial charge in [0.15, 0.2) is 5.72 Å². The Morgan fingerprint density at radius 3 is 2.77 bits per heavy atom. The lowest BCUT2D eigenvalue weighted by atomic mass is 9.74. The highest BCUT2D eigenvalue weighted by Gasteiger charge is 2.51. The topological polar surface area (TPSA) is 67.4 Å². The summed E-state index contributed by atoms with van der Waals surface area (Å²) in [7, 11) is 0. The number of fused-ring (bicyclic) bond motifs is 4. The Labute approximate surface area is 152 Å². The summed E-state index contributed by atoms with van der Waals surface area (Å²) in [5, 5.41) is 5.83. The van der Waals surface area contributed by atoms with Crippen molar-refractivity contribution < 1.29 is 14.3 Å². The van der Waals surface area contributed by atoms with Gasteiger partial charge in [0.05, 0.1) is 0 Å². The van der Waals surface area contributed by atoms with Gasteiger partial charge in [0, 0.05) is 18.0 Å². The first-order valence-electron chi connectivity index (χ1n) is 8.84. The van der Waals surface area contributed by atoms with Gasteiger partial charge >= 0.3 is 0 Å². The first-order chi connectivity index (χ1) is 12.4. The van der Waals surface area contributed by atoms with E-state index in [0.717, 1.165) is 28.1 Å². The Morgan fingerprint density at radius 1 is 1.23 bits per heavy atom. The van der Waals surface area contributed by atoms with Crippen molar-refractivity contribution in [3.05, 3.63) is 59.2 Å². The third kappa shape index (κ3) is 2.73. The van der Waals surface area contributed by atoms with Crippen molar-refractivity contribution in [2.45, 2.75) is 38.8 Å². The minimum absolute atomic E-state index is 0.204. The molecule has 0 aromatic heterocycles. The van der Waals surface area contributed by atoms with Gasteiger partial charge in [-0.3, -0.25) is 9.59 Å². The smallest absolute Gasteiger partial charge is 0.237 e. The van der Waals surface area contributed by atoms with Crippen LogP contribution in [0.4, 0.5) is 5.69 Å². The maximum atomic E-state index is 13.0. The zero-order valence-electron chi connectivity index (χ0n) is 15.1. The van der Waals surface area contributed by atoms with E-state index in [4.69, 9.17) is 4.74 Å². The normalized spacial score (nSPS) is 26.3. The van der Waals surface area contributed by atoms with Crippen LogP contribution in [0.5, 0.6) is 5.75 Å². The van der Waals surface area contributed by atoms with Crippen molar-refractivity contribution in [3.63, 3.8) is 0 Å². The number of hydrogen-bond acceptors (Lipinski definition) is 3. The minimum Gasteiger partial charge on any atom is -0.468 e. The van der Waals surface area contributed by atoms with E-state index in [-0.39, 0.29) is 17.7 Å². The van der Waals surface area contributed by atoms with Crippen LogP contribution >= 0.6 is 0 Å². The molecule has 5 nitrogen and oxygen atoms in total. The third-order valence-corrected chi connectivity index (χ3v) is 5.26. The van der Waals surface area contributed by atoms with E-state index in [9.17, 15) is 9.59 Å². The molecule has 0 aliphatic carbocycles. The van der Waals surface area contributed by atoms with Crippen LogP contribution in [0.1, 0.15) is 36.0 Å². The van der Waals surface area contributed by atoms with Crippen LogP contribution < -0.4 is 15.4 Å². The van der Waals surface area contributed by atoms with E-state index in [0.29, 0.717) is 6.42 Å². The number of hydrogen-bond donors (Lipinski definition) is 2. The molecule has 3 atom stereocenters. The quantitative estimate of drug-likeness (QED) is 0.817. The summed E-state index contributed by atoms with van der Waals surface area (Å²) in [5.74, 6) is -0.826. The van der Waals surface area contributed by atoms with Gasteiger partial charge in [0.1, 0.15) is 11.7 Å². The molecule has 4 rings (SSSR count). The van der Waals surface area contributed by atoms with Gasteiger partial charge in [-0.25, -0.2) is 0 Å². The molecule has 0 unspecified atom stereocenters. The van der Waals surface area contributed by atoms with Crippen LogP contribution in [-0.2, 0) is 9.59 Å². The van der Waals surface area contributed by atoms with E-state index >= 15 is 0 Å². The maximum absolute atomic E-state index is 13.0. The average molecular weight is 350 g/mol. The molecule has 134 valence electrons. The second kappa shape index (κ2) is 5.87. The van der Waals surface area contributed by atoms with E-state index in [1.54, 1.807) is 0 Å². The zero-order valence-corrected chi connectivity index (χ0v) is 15.1. The summed E-state index contributed by atoms with van der Waals surface area (Å²) in [6, 6.07) is 13.5. The fourth-order valence-electron chi connectivity index (χ4n) is 4.05. The number of anilines is 1. The van der Waals surface area contributed by atoms with Crippen LogP contribution in [0, 0.1) is 19.8 Å². The van der Waals surface area contributed by atoms with E-state index in [2.05, 4.69) is 10.6 Å². The molecule has 2 aliphatic heterocycles. The van der Waals surface area contributed by atoms with Gasteiger partial charge in [0.2, 0.25) is 11.8 Å². The van der Waals surface area contributed by atoms with Crippen molar-refractivity contribution in [2.75, 3.05) is 5.32 Å². The number of piperidine rings is 1. The van der Waals surface area contributed by atoms with Crippen LogP contribution in [0.25, 0.3) is 0 Å². The molecule has 2 N–H and O–H groups in total. The molecular weight excluding hydrogens is 328 g/mol. The number of aryl methyl sites for hydroxylation is 2. The lowest BCUT2D eigenvalue weighted by molar-refractivity contribution is -0.145. The van der Waals surface area contributed by atoms with E-state index in [1.807, 2.05) is 63.2 Å². The largest absolute Gasteiger partial charge is 0.468 e. The standard InChI is InChI=1S/C21H22N2O3/c1-12-8-9-16(13(2)10-12)22-19(24)18-15-11-21(3,23-20(18)25)26-17-7-5-4-6-14(15)17/h4-10,15,18H,11H2,1-3H3,(H,22,24)(H,23,25)/t15-,18+,21-/m0/s1. The van der Waals surface area contributed by atoms with E-state index < -0.39 is 11.6 Å². The maximum Gasteiger partial charge on any atom is 0.237 e. The van der Waals surface area contributed by atoms with Crippen molar-refractivity contribution >= 4 is 17.5 Å². The van der Waals surface area contributed by atoms with Crippen LogP contribution in [0.2, 0.25) is 0 Å². The summed E-state index contributed by atoms with van der Waals surface area (Å²) in [6.45, 7) is 5.81. The van der Waals surface area contributed by atoms with Gasteiger partial charge in [-0.1, -0.05) is 35.9 Å². The number of nitrogens with one attached hydrogen (secondary N) is 2. The molecule has 0 radical (unpaired) electrons. The highest BCUT2D eigenvalue weighted by atomic mass is 16.5. The summed E-state index contributed by atoms with van der Waals surface area (Å²) in [6.07, 6.45) is 0.570. The van der Waals surface area contributed by atoms with Crippen molar-refractivity contribution in [1.29, 1.82) is 0 Å². The molecule has 2 heterocycles. The molecule has 26 heavy (non-hydrogen) atoms. The van der Waals surface area contributed by atoms with Crippen LogP contribution in [0.3, 0.4) is 0 Å². The van der Waals surface area contributed by atoms with Crippen molar-refractivity contribution in [2.24, 2.45) is 5.92 Å². The second-order valence-corrected chi connectivity index (χ2v) is 7.46. The fraction of sp³-hybridized carbons (Fsp3) is 0.333. The first-order valence-corrected chi connectivity index (χ1v) is 8.84. The van der Waals surface area contributed by atoms with Gasteiger partial charge in [-0.05, 0) is 44.0 Å². The molecule has 2 aromatic rings. The van der Waals surface area contributed by atoms with Crippen molar-refractivity contribution in [3.8, 4) is 5.75 Å². The SMILES string of the molecule is Cc1ccc(NC(=O)[C@@H]2C(=O)N[C@]3(C)C[C@H]2c2ccccc2O3)c(C)c1. The molecule has 1 saturated heterocycles. The van der Waals surface area contributed by atoms with E-state index in [1.165, 1.54) is 0 Å². The van der Waals surface area contributed by atoms with Crippen LogP contribution in [0.15, 0.2) is 42.5 Å². The summed E-state index contributed by atoms with van der Waals surface area (Å²) < 4.78 is 5.98. The van der Waals surface area contributed by atoms with Gasteiger partial charge in [-0.15, -0.1) is 0 Å². The number of para-hydroxylation sites is 1. The molecule has 5 heteroatoms. The monoisotopic (exact) mass is 350 g/mol. The van der Waals surface area contributed by atoms with Gasteiger partial charge in [-0.2, -0.15) is 0 Å². The lowest BCUT2D eigenvalue weighted by Crippen LogP contribution is -2.62. The number of carbonyl (C=O) groups excluding carboxylic acids is 2. The molecule has 2 amide bonds. The highest BCUT2D eigenvalue weighted by molar-refractivity contribution is 6.08. The lowest BCUT2D eigenvalue weighted by Gasteiger charge is -2.46. The molecule has 2 aliphatic rings. The molecule has 2 aromatic carbocycles. The second-order valence-electron chi connectivity index (χ2n) is 7.46. The molecule has 0 saturated carbocycles. The summed E-state index contributed by atoms with van der Waals surface area (Å²) >= 11 is 0. The minimum atomic E-state index is -0.783. The number of ether oxygens (including phenoxy) is 1. The van der Waals surface area contributed by atoms with Gasteiger partial charge < -0.3 is 15.4 Å². The molecule has 0 spiro atoms. The van der Waals surface area contributed by atoms with Gasteiger partial charge in [0.25, 0.3) is 0 Å². The van der Waals surface area contributed by atoms with Crippen LogP contribution in [-0.4, -0.2) is 17.5 Å². The Kier molecular flexibility index (Phi) is 3.75. The molecular formula is C21H22N2O3. The summed E-state index contributed by atoms with van der Waals surface area (Å²) in [5.41, 5.74) is 2.99. The number of carbonyl (C=O) groups is 2. The zero-order chi connectivity index (χ0) is 18.5. The first kappa shape index (κ1) is 16.6. The Bertz CT molecular complexity index is 908. The number of rotatable bonds is 2. The molecule has 2 bridgehead atoms. The Hall–Kier alpha value is -2.82. The average Bonchev–Trinajstić information content (AvgIpc) is 2.56. The fourth-order valence-corrected chi connectivity index (χ4v) is 4.05. The third-order valence-electron chi connectivity index (χ3n) is 5.26. The predicted octanol–water partition coefficient (Wildman–Crippen LogP) is 3.27. The predicted molar refractivity (Wildman–Crippen MR) is 99.0 cm³/mol.